The van der Waals surface area contributed by atoms with Gasteiger partial charge < -0.3 is 5.32 Å². The molecule has 110 valence electrons. The van der Waals surface area contributed by atoms with Gasteiger partial charge in [-0.3, -0.25) is 0 Å². The molecule has 1 nitrogen and oxygen atoms in total. The van der Waals surface area contributed by atoms with E-state index >= 15 is 0 Å². The minimum absolute atomic E-state index is 0.0525. The number of likely N-dealkylation sites (N-methyl/N-ethyl adjacent to an activating group) is 1. The van der Waals surface area contributed by atoms with Crippen molar-refractivity contribution in [2.45, 2.75) is 51.5 Å². The zero-order valence-electron chi connectivity index (χ0n) is 12.4. The van der Waals surface area contributed by atoms with Gasteiger partial charge in [-0.15, -0.1) is 0 Å². The Labute approximate surface area is 122 Å². The Balaban J connectivity index is 1.62. The molecule has 0 radical (unpaired) electrons. The molecule has 0 aliphatic heterocycles. The van der Waals surface area contributed by atoms with Crippen LogP contribution in [0.25, 0.3) is 0 Å². The van der Waals surface area contributed by atoms with Crippen molar-refractivity contribution in [2.75, 3.05) is 6.54 Å². The summed E-state index contributed by atoms with van der Waals surface area (Å²) in [5.74, 6) is 2.79. The van der Waals surface area contributed by atoms with Crippen molar-refractivity contribution in [2.24, 2.45) is 17.8 Å². The molecule has 2 fully saturated rings. The van der Waals surface area contributed by atoms with E-state index in [0.717, 1.165) is 36.3 Å². The van der Waals surface area contributed by atoms with Crippen LogP contribution in [0, 0.1) is 23.6 Å². The van der Waals surface area contributed by atoms with Crippen LogP contribution < -0.4 is 5.32 Å². The smallest absolute Gasteiger partial charge is 0.126 e. The van der Waals surface area contributed by atoms with Crippen LogP contribution in [-0.4, -0.2) is 12.6 Å². The Kier molecular flexibility index (Phi) is 4.40. The first kappa shape index (κ1) is 14.1. The number of halogens is 1. The van der Waals surface area contributed by atoms with Gasteiger partial charge in [0, 0.05) is 6.04 Å². The molecule has 3 rings (SSSR count). The van der Waals surface area contributed by atoms with E-state index in [4.69, 9.17) is 0 Å². The largest absolute Gasteiger partial charge is 0.314 e. The van der Waals surface area contributed by atoms with Crippen LogP contribution in [0.15, 0.2) is 24.3 Å². The highest BCUT2D eigenvalue weighted by Gasteiger charge is 2.40. The first-order chi connectivity index (χ1) is 9.76. The molecule has 0 heterocycles. The van der Waals surface area contributed by atoms with Crippen LogP contribution >= 0.6 is 0 Å². The first-order valence-corrected chi connectivity index (χ1v) is 8.23. The number of rotatable bonds is 6. The Morgan fingerprint density at radius 2 is 2.10 bits per heavy atom. The summed E-state index contributed by atoms with van der Waals surface area (Å²) >= 11 is 0. The lowest BCUT2D eigenvalue weighted by Gasteiger charge is -2.27. The second-order valence-electron chi connectivity index (χ2n) is 6.72. The minimum atomic E-state index is -0.0525. The summed E-state index contributed by atoms with van der Waals surface area (Å²) < 4.78 is 13.8. The molecule has 2 heteroatoms. The van der Waals surface area contributed by atoms with Crippen molar-refractivity contribution in [1.82, 2.24) is 5.32 Å². The molecule has 1 aromatic rings. The van der Waals surface area contributed by atoms with Gasteiger partial charge in [0.1, 0.15) is 5.82 Å². The van der Waals surface area contributed by atoms with Gasteiger partial charge in [-0.2, -0.15) is 0 Å². The summed E-state index contributed by atoms with van der Waals surface area (Å²) in [5, 5.41) is 3.58. The first-order valence-electron chi connectivity index (χ1n) is 8.23. The lowest BCUT2D eigenvalue weighted by Crippen LogP contribution is -2.34. The third-order valence-electron chi connectivity index (χ3n) is 5.39. The zero-order valence-corrected chi connectivity index (χ0v) is 12.4. The Hall–Kier alpha value is -0.890. The van der Waals surface area contributed by atoms with Crippen molar-refractivity contribution < 1.29 is 4.39 Å². The van der Waals surface area contributed by atoms with Crippen LogP contribution in [0.5, 0.6) is 0 Å². The summed E-state index contributed by atoms with van der Waals surface area (Å²) in [6.45, 7) is 3.12. The van der Waals surface area contributed by atoms with Gasteiger partial charge in [-0.05, 0) is 68.0 Å². The van der Waals surface area contributed by atoms with Crippen molar-refractivity contribution in [3.63, 3.8) is 0 Å². The topological polar surface area (TPSA) is 12.0 Å². The van der Waals surface area contributed by atoms with Crippen LogP contribution in [0.4, 0.5) is 4.39 Å². The third-order valence-corrected chi connectivity index (χ3v) is 5.39. The zero-order chi connectivity index (χ0) is 13.9. The maximum absolute atomic E-state index is 13.8. The SMILES string of the molecule is CCNC(Cc1ccccc1F)CC1CC2CCC1C2. The summed E-state index contributed by atoms with van der Waals surface area (Å²) in [7, 11) is 0. The molecular weight excluding hydrogens is 249 g/mol. The second-order valence-corrected chi connectivity index (χ2v) is 6.72. The van der Waals surface area contributed by atoms with E-state index in [0.29, 0.717) is 6.04 Å². The molecule has 2 aliphatic carbocycles. The van der Waals surface area contributed by atoms with E-state index < -0.39 is 0 Å². The average Bonchev–Trinajstić information content (AvgIpc) is 3.04. The fraction of sp³-hybridized carbons (Fsp3) is 0.667. The molecule has 4 unspecified atom stereocenters. The molecule has 1 N–H and O–H groups in total. The Morgan fingerprint density at radius 1 is 1.25 bits per heavy atom. The normalized spacial score (nSPS) is 29.8. The van der Waals surface area contributed by atoms with Crippen LogP contribution in [-0.2, 0) is 6.42 Å². The molecule has 0 saturated heterocycles. The highest BCUT2D eigenvalue weighted by Crippen LogP contribution is 2.50. The van der Waals surface area contributed by atoms with Crippen LogP contribution in [0.1, 0.15) is 44.6 Å². The molecule has 2 saturated carbocycles. The van der Waals surface area contributed by atoms with E-state index in [2.05, 4.69) is 12.2 Å². The Morgan fingerprint density at radius 3 is 2.75 bits per heavy atom. The summed E-state index contributed by atoms with van der Waals surface area (Å²) in [6.07, 6.45) is 7.83. The molecular formula is C18H26FN. The van der Waals surface area contributed by atoms with Gasteiger partial charge in [-0.25, -0.2) is 4.39 Å². The fourth-order valence-corrected chi connectivity index (χ4v) is 4.49. The van der Waals surface area contributed by atoms with Gasteiger partial charge in [0.05, 0.1) is 0 Å². The van der Waals surface area contributed by atoms with E-state index in [1.54, 1.807) is 12.1 Å². The minimum Gasteiger partial charge on any atom is -0.314 e. The van der Waals surface area contributed by atoms with Gasteiger partial charge >= 0.3 is 0 Å². The highest BCUT2D eigenvalue weighted by atomic mass is 19.1. The quantitative estimate of drug-likeness (QED) is 0.821. The van der Waals surface area contributed by atoms with Crippen molar-refractivity contribution >= 4 is 0 Å². The third kappa shape index (κ3) is 3.06. The number of hydrogen-bond acceptors (Lipinski definition) is 1. The second kappa shape index (κ2) is 6.26. The summed E-state index contributed by atoms with van der Waals surface area (Å²) in [5.41, 5.74) is 0.863. The molecule has 20 heavy (non-hydrogen) atoms. The number of benzene rings is 1. The number of nitrogens with one attached hydrogen (secondary N) is 1. The van der Waals surface area contributed by atoms with Crippen molar-refractivity contribution in [1.29, 1.82) is 0 Å². The molecule has 2 aliphatic rings. The lowest BCUT2D eigenvalue weighted by molar-refractivity contribution is 0.277. The van der Waals surface area contributed by atoms with Gasteiger partial charge in [-0.1, -0.05) is 31.5 Å². The standard InChI is InChI=1S/C18H26FN/c1-2-20-17(11-15-5-3-4-6-18(15)19)12-16-10-13-7-8-14(16)9-13/h3-6,13-14,16-17,20H,2,7-12H2,1H3. The van der Waals surface area contributed by atoms with Crippen LogP contribution in [0.2, 0.25) is 0 Å². The van der Waals surface area contributed by atoms with E-state index in [1.807, 2.05) is 12.1 Å². The van der Waals surface area contributed by atoms with E-state index in [-0.39, 0.29) is 5.82 Å². The maximum Gasteiger partial charge on any atom is 0.126 e. The lowest BCUT2D eigenvalue weighted by atomic mass is 9.83. The molecule has 2 bridgehead atoms. The molecule has 0 spiro atoms. The van der Waals surface area contributed by atoms with Crippen LogP contribution in [0.3, 0.4) is 0 Å². The Bertz CT molecular complexity index is 445. The monoisotopic (exact) mass is 275 g/mol. The van der Waals surface area contributed by atoms with Gasteiger partial charge in [0.25, 0.3) is 0 Å². The van der Waals surface area contributed by atoms with E-state index in [1.165, 1.54) is 32.1 Å². The van der Waals surface area contributed by atoms with Crippen molar-refractivity contribution in [3.05, 3.63) is 35.6 Å². The fourth-order valence-electron chi connectivity index (χ4n) is 4.49. The molecule has 0 aromatic heterocycles. The highest BCUT2D eigenvalue weighted by molar-refractivity contribution is 5.18. The van der Waals surface area contributed by atoms with Crippen molar-refractivity contribution in [3.8, 4) is 0 Å². The average molecular weight is 275 g/mol. The predicted molar refractivity (Wildman–Crippen MR) is 81.1 cm³/mol. The molecule has 1 aromatic carbocycles. The number of fused-ring (bicyclic) bond motifs is 2. The van der Waals surface area contributed by atoms with Gasteiger partial charge in [0.15, 0.2) is 0 Å². The summed E-state index contributed by atoms with van der Waals surface area (Å²) in [6, 6.07) is 7.66. The number of hydrogen-bond donors (Lipinski definition) is 1. The predicted octanol–water partition coefficient (Wildman–Crippen LogP) is 4.17. The summed E-state index contributed by atoms with van der Waals surface area (Å²) in [4.78, 5) is 0. The molecule has 0 amide bonds. The van der Waals surface area contributed by atoms with Gasteiger partial charge in [0.2, 0.25) is 0 Å². The maximum atomic E-state index is 13.8. The van der Waals surface area contributed by atoms with E-state index in [9.17, 15) is 4.39 Å². The molecule has 4 atom stereocenters.